The number of alkyl halides is 3. The molecule has 0 radical (unpaired) electrons. The summed E-state index contributed by atoms with van der Waals surface area (Å²) in [6.45, 7) is 5.31. The van der Waals surface area contributed by atoms with E-state index in [1.165, 1.54) is 5.57 Å². The number of halogens is 3. The summed E-state index contributed by atoms with van der Waals surface area (Å²) in [5.41, 5.74) is 3.39. The van der Waals surface area contributed by atoms with Crippen LogP contribution in [0.3, 0.4) is 0 Å². The average Bonchev–Trinajstić information content (AvgIpc) is 3.06. The largest absolute Gasteiger partial charge is 0.493 e. The molecule has 0 N–H and O–H groups in total. The van der Waals surface area contributed by atoms with E-state index >= 15 is 0 Å². The molecule has 152 valence electrons. The average molecular weight is 394 g/mol. The third kappa shape index (κ3) is 5.78. The van der Waals surface area contributed by atoms with Crippen molar-refractivity contribution >= 4 is 11.8 Å². The van der Waals surface area contributed by atoms with E-state index in [1.807, 2.05) is 25.1 Å². The Morgan fingerprint density at radius 2 is 2.04 bits per heavy atom. The lowest BCUT2D eigenvalue weighted by molar-refractivity contribution is -0.145. The molecule has 2 heterocycles. The van der Waals surface area contributed by atoms with Crippen molar-refractivity contribution in [2.24, 2.45) is 5.92 Å². The van der Waals surface area contributed by atoms with Crippen molar-refractivity contribution in [1.82, 2.24) is 5.16 Å². The first-order valence-corrected chi connectivity index (χ1v) is 9.45. The molecule has 7 heteroatoms. The van der Waals surface area contributed by atoms with Gasteiger partial charge in [-0.15, -0.1) is 0 Å². The molecule has 28 heavy (non-hydrogen) atoms. The zero-order chi connectivity index (χ0) is 20.1. The summed E-state index contributed by atoms with van der Waals surface area (Å²) in [5.74, 6) is 0.852. The quantitative estimate of drug-likeness (QED) is 0.636. The number of aromatic nitrogens is 1. The number of hydrogen-bond acceptors (Lipinski definition) is 4. The van der Waals surface area contributed by atoms with E-state index in [-0.39, 0.29) is 6.61 Å². The maximum Gasteiger partial charge on any atom is 0.389 e. The summed E-state index contributed by atoms with van der Waals surface area (Å²) in [6, 6.07) is 7.50. The first-order chi connectivity index (χ1) is 13.3. The number of hydrogen-bond donors (Lipinski definition) is 0. The molecule has 1 fully saturated rings. The second-order valence-electron chi connectivity index (χ2n) is 7.36. The van der Waals surface area contributed by atoms with Crippen LogP contribution in [-0.2, 0) is 0 Å². The number of aryl methyl sites for hydroxylation is 1. The van der Waals surface area contributed by atoms with Crippen LogP contribution in [0.25, 0.3) is 6.08 Å². The predicted octanol–water partition coefficient (Wildman–Crippen LogP) is 5.63. The molecule has 1 saturated heterocycles. The lowest BCUT2D eigenvalue weighted by Gasteiger charge is -2.29. The van der Waals surface area contributed by atoms with Crippen LogP contribution in [0.15, 0.2) is 40.6 Å². The summed E-state index contributed by atoms with van der Waals surface area (Å²) < 4.78 is 48.0. The smallest absolute Gasteiger partial charge is 0.389 e. The number of nitrogens with zero attached hydrogens (tertiary/aromatic N) is 2. The van der Waals surface area contributed by atoms with Crippen LogP contribution in [0.2, 0.25) is 0 Å². The number of benzene rings is 1. The number of rotatable bonds is 6. The number of anilines is 1. The van der Waals surface area contributed by atoms with Gasteiger partial charge in [0.2, 0.25) is 0 Å². The second-order valence-corrected chi connectivity index (χ2v) is 7.36. The van der Waals surface area contributed by atoms with Crippen LogP contribution < -0.4 is 9.64 Å². The standard InChI is InChI=1S/C21H25F3N2O2/c1-15(12-21(22,23)24)14-27-19-5-3-4-18(11-19)10-17-6-8-26(9-7-17)20-13-25-28-16(20)2/h3-5,10-11,13,15H,6-9,12,14H2,1-2H3. The van der Waals surface area contributed by atoms with Crippen molar-refractivity contribution in [1.29, 1.82) is 0 Å². The van der Waals surface area contributed by atoms with Gasteiger partial charge in [0.05, 0.1) is 12.8 Å². The van der Waals surface area contributed by atoms with Gasteiger partial charge < -0.3 is 14.2 Å². The molecular formula is C21H25F3N2O2. The van der Waals surface area contributed by atoms with E-state index in [1.54, 1.807) is 19.2 Å². The van der Waals surface area contributed by atoms with Crippen molar-refractivity contribution < 1.29 is 22.4 Å². The van der Waals surface area contributed by atoms with Crippen LogP contribution in [0.4, 0.5) is 18.9 Å². The Morgan fingerprint density at radius 3 is 2.68 bits per heavy atom. The molecule has 0 amide bonds. The highest BCUT2D eigenvalue weighted by atomic mass is 19.4. The van der Waals surface area contributed by atoms with Crippen LogP contribution in [-0.4, -0.2) is 31.0 Å². The van der Waals surface area contributed by atoms with Gasteiger partial charge in [-0.1, -0.05) is 35.9 Å². The van der Waals surface area contributed by atoms with E-state index in [4.69, 9.17) is 9.26 Å². The van der Waals surface area contributed by atoms with Crippen molar-refractivity contribution in [2.45, 2.75) is 39.3 Å². The molecule has 0 aliphatic carbocycles. The Morgan fingerprint density at radius 1 is 1.29 bits per heavy atom. The van der Waals surface area contributed by atoms with Crippen molar-refractivity contribution in [3.8, 4) is 5.75 Å². The Labute approximate surface area is 163 Å². The molecule has 2 aromatic rings. The highest BCUT2D eigenvalue weighted by Gasteiger charge is 2.30. The maximum absolute atomic E-state index is 12.4. The zero-order valence-electron chi connectivity index (χ0n) is 16.1. The molecule has 0 spiro atoms. The topological polar surface area (TPSA) is 38.5 Å². The van der Waals surface area contributed by atoms with E-state index in [0.29, 0.717) is 5.75 Å². The van der Waals surface area contributed by atoms with Gasteiger partial charge in [-0.05, 0) is 43.4 Å². The highest BCUT2D eigenvalue weighted by Crippen LogP contribution is 2.28. The molecule has 1 unspecified atom stereocenters. The van der Waals surface area contributed by atoms with Gasteiger partial charge in [0, 0.05) is 19.5 Å². The molecule has 1 aliphatic heterocycles. The van der Waals surface area contributed by atoms with Gasteiger partial charge in [-0.3, -0.25) is 0 Å². The van der Waals surface area contributed by atoms with Crippen molar-refractivity contribution in [3.05, 3.63) is 47.4 Å². The summed E-state index contributed by atoms with van der Waals surface area (Å²) in [7, 11) is 0. The molecule has 1 atom stereocenters. The van der Waals surface area contributed by atoms with E-state index in [2.05, 4.69) is 16.1 Å². The second kappa shape index (κ2) is 8.71. The first kappa shape index (κ1) is 20.3. The lowest BCUT2D eigenvalue weighted by Crippen LogP contribution is -2.30. The molecule has 1 aromatic carbocycles. The van der Waals surface area contributed by atoms with Gasteiger partial charge in [0.25, 0.3) is 0 Å². The molecule has 0 bridgehead atoms. The van der Waals surface area contributed by atoms with E-state index < -0.39 is 18.5 Å². The molecular weight excluding hydrogens is 369 g/mol. The number of piperidine rings is 1. The number of ether oxygens (including phenoxy) is 1. The van der Waals surface area contributed by atoms with Crippen LogP contribution in [0.5, 0.6) is 5.75 Å². The minimum Gasteiger partial charge on any atom is -0.493 e. The molecule has 1 aromatic heterocycles. The minimum absolute atomic E-state index is 0.0482. The van der Waals surface area contributed by atoms with Crippen molar-refractivity contribution in [3.63, 3.8) is 0 Å². The van der Waals surface area contributed by atoms with Gasteiger partial charge in [-0.2, -0.15) is 13.2 Å². The fourth-order valence-electron chi connectivity index (χ4n) is 3.40. The molecule has 4 nitrogen and oxygen atoms in total. The third-order valence-corrected chi connectivity index (χ3v) is 4.82. The van der Waals surface area contributed by atoms with Gasteiger partial charge >= 0.3 is 6.18 Å². The lowest BCUT2D eigenvalue weighted by atomic mass is 10.0. The van der Waals surface area contributed by atoms with Crippen molar-refractivity contribution in [2.75, 3.05) is 24.6 Å². The van der Waals surface area contributed by atoms with Crippen LogP contribution in [0, 0.1) is 12.8 Å². The maximum atomic E-state index is 12.4. The molecule has 3 rings (SSSR count). The summed E-state index contributed by atoms with van der Waals surface area (Å²) in [4.78, 5) is 2.27. The minimum atomic E-state index is -4.16. The van der Waals surface area contributed by atoms with Crippen LogP contribution >= 0.6 is 0 Å². The fraction of sp³-hybridized carbons (Fsp3) is 0.476. The highest BCUT2D eigenvalue weighted by molar-refractivity contribution is 5.56. The Kier molecular flexibility index (Phi) is 6.31. The Hall–Kier alpha value is -2.44. The third-order valence-electron chi connectivity index (χ3n) is 4.82. The zero-order valence-corrected chi connectivity index (χ0v) is 16.1. The Bertz CT molecular complexity index is 804. The monoisotopic (exact) mass is 394 g/mol. The first-order valence-electron chi connectivity index (χ1n) is 9.45. The normalized spacial score (nSPS) is 16.2. The summed E-state index contributed by atoms with van der Waals surface area (Å²) in [6.07, 6.45) is 0.791. The Balaban J connectivity index is 1.55. The fourth-order valence-corrected chi connectivity index (χ4v) is 3.40. The summed E-state index contributed by atoms with van der Waals surface area (Å²) >= 11 is 0. The van der Waals surface area contributed by atoms with Gasteiger partial charge in [0.15, 0.2) is 5.76 Å². The van der Waals surface area contributed by atoms with Gasteiger partial charge in [0.1, 0.15) is 11.4 Å². The van der Waals surface area contributed by atoms with Gasteiger partial charge in [-0.25, -0.2) is 0 Å². The van der Waals surface area contributed by atoms with E-state index in [0.717, 1.165) is 42.9 Å². The van der Waals surface area contributed by atoms with Crippen LogP contribution in [0.1, 0.15) is 37.5 Å². The molecule has 0 saturated carbocycles. The summed E-state index contributed by atoms with van der Waals surface area (Å²) in [5, 5.41) is 3.84. The SMILES string of the molecule is Cc1oncc1N1CCC(=Cc2cccc(OCC(C)CC(F)(F)F)c2)CC1. The molecule has 1 aliphatic rings. The predicted molar refractivity (Wildman–Crippen MR) is 102 cm³/mol. The van der Waals surface area contributed by atoms with E-state index in [9.17, 15) is 13.2 Å².